The molecule has 4 heteroatoms. The van der Waals surface area contributed by atoms with Crippen LogP contribution in [-0.2, 0) is 6.54 Å². The Kier molecular flexibility index (Phi) is 3.79. The number of rotatable bonds is 3. The number of hydrogen-bond acceptors (Lipinski definition) is 2. The van der Waals surface area contributed by atoms with Crippen LogP contribution < -0.4 is 0 Å². The van der Waals surface area contributed by atoms with E-state index in [1.165, 1.54) is 17.0 Å². The molecule has 3 aromatic rings. The number of aromatic amines is 1. The molecule has 23 heavy (non-hydrogen) atoms. The van der Waals surface area contributed by atoms with Gasteiger partial charge in [-0.25, -0.2) is 4.98 Å². The number of benzene rings is 1. The van der Waals surface area contributed by atoms with Crippen molar-refractivity contribution < 1.29 is 0 Å². The molecule has 0 unspecified atom stereocenters. The Morgan fingerprint density at radius 2 is 2.09 bits per heavy atom. The lowest BCUT2D eigenvalue weighted by Gasteiger charge is -2.04. The molecule has 1 aromatic carbocycles. The second-order valence-corrected chi connectivity index (χ2v) is 5.85. The summed E-state index contributed by atoms with van der Waals surface area (Å²) in [5, 5.41) is 9.56. The van der Waals surface area contributed by atoms with Crippen molar-refractivity contribution in [2.45, 2.75) is 34.2 Å². The maximum atomic E-state index is 9.56. The molecule has 0 spiro atoms. The lowest BCUT2D eigenvalue weighted by molar-refractivity contribution is 0.718. The Labute approximate surface area is 136 Å². The van der Waals surface area contributed by atoms with E-state index in [1.807, 2.05) is 31.2 Å². The molecule has 2 aromatic heterocycles. The Balaban J connectivity index is 2.09. The highest BCUT2D eigenvalue weighted by atomic mass is 15.0. The summed E-state index contributed by atoms with van der Waals surface area (Å²) in [6, 6.07) is 10.4. The van der Waals surface area contributed by atoms with E-state index in [4.69, 9.17) is 0 Å². The standard InChI is InChI=1S/C19H20N4/c1-5-23-13(3)9-15(14(23)4)10-16(11-20)19-21-17-7-6-12(2)8-18(17)22-19/h6-10H,5H2,1-4H3,(H,21,22). The fourth-order valence-electron chi connectivity index (χ4n) is 3.02. The summed E-state index contributed by atoms with van der Waals surface area (Å²) in [7, 11) is 0. The van der Waals surface area contributed by atoms with Crippen LogP contribution in [0.15, 0.2) is 24.3 Å². The number of nitrogens with zero attached hydrogens (tertiary/aromatic N) is 3. The third kappa shape index (κ3) is 2.66. The van der Waals surface area contributed by atoms with E-state index >= 15 is 0 Å². The number of nitriles is 1. The van der Waals surface area contributed by atoms with E-state index in [1.54, 1.807) is 0 Å². The van der Waals surface area contributed by atoms with Crippen molar-refractivity contribution >= 4 is 22.7 Å². The van der Waals surface area contributed by atoms with Crippen molar-refractivity contribution in [3.63, 3.8) is 0 Å². The molecule has 1 N–H and O–H groups in total. The monoisotopic (exact) mass is 304 g/mol. The maximum absolute atomic E-state index is 9.56. The Bertz CT molecular complexity index is 948. The highest BCUT2D eigenvalue weighted by Gasteiger charge is 2.11. The van der Waals surface area contributed by atoms with Crippen LogP contribution in [0.4, 0.5) is 0 Å². The first kappa shape index (κ1) is 15.1. The van der Waals surface area contributed by atoms with Crippen LogP contribution in [0.1, 0.15) is 35.3 Å². The second kappa shape index (κ2) is 5.77. The van der Waals surface area contributed by atoms with Gasteiger partial charge in [0.15, 0.2) is 0 Å². The third-order valence-electron chi connectivity index (χ3n) is 4.24. The van der Waals surface area contributed by atoms with Gasteiger partial charge in [0, 0.05) is 17.9 Å². The van der Waals surface area contributed by atoms with Gasteiger partial charge >= 0.3 is 0 Å². The first-order valence-corrected chi connectivity index (χ1v) is 7.78. The predicted molar refractivity (Wildman–Crippen MR) is 93.9 cm³/mol. The molecular formula is C19H20N4. The van der Waals surface area contributed by atoms with Crippen LogP contribution in [0.2, 0.25) is 0 Å². The minimum atomic E-state index is 0.551. The summed E-state index contributed by atoms with van der Waals surface area (Å²) in [6.45, 7) is 9.27. The molecule has 0 aliphatic rings. The Morgan fingerprint density at radius 3 is 2.74 bits per heavy atom. The highest BCUT2D eigenvalue weighted by molar-refractivity contribution is 5.90. The second-order valence-electron chi connectivity index (χ2n) is 5.85. The van der Waals surface area contributed by atoms with Gasteiger partial charge < -0.3 is 9.55 Å². The van der Waals surface area contributed by atoms with Gasteiger partial charge in [-0.05, 0) is 63.1 Å². The highest BCUT2D eigenvalue weighted by Crippen LogP contribution is 2.23. The molecule has 0 fully saturated rings. The summed E-state index contributed by atoms with van der Waals surface area (Å²) in [6.07, 6.45) is 1.92. The summed E-state index contributed by atoms with van der Waals surface area (Å²) in [4.78, 5) is 7.80. The number of imidazole rings is 1. The number of aryl methyl sites for hydroxylation is 2. The zero-order chi connectivity index (χ0) is 16.6. The van der Waals surface area contributed by atoms with Crippen LogP contribution in [0.25, 0.3) is 22.7 Å². The topological polar surface area (TPSA) is 57.4 Å². The van der Waals surface area contributed by atoms with Crippen molar-refractivity contribution in [1.82, 2.24) is 14.5 Å². The van der Waals surface area contributed by atoms with Crippen molar-refractivity contribution in [2.75, 3.05) is 0 Å². The summed E-state index contributed by atoms with van der Waals surface area (Å²) < 4.78 is 2.24. The van der Waals surface area contributed by atoms with Gasteiger partial charge in [-0.15, -0.1) is 0 Å². The molecular weight excluding hydrogens is 284 g/mol. The van der Waals surface area contributed by atoms with Gasteiger partial charge in [-0.3, -0.25) is 0 Å². The lowest BCUT2D eigenvalue weighted by atomic mass is 10.1. The number of fused-ring (bicyclic) bond motifs is 1. The van der Waals surface area contributed by atoms with Crippen molar-refractivity contribution in [3.05, 3.63) is 52.6 Å². The van der Waals surface area contributed by atoms with E-state index < -0.39 is 0 Å². The molecule has 0 radical (unpaired) electrons. The number of hydrogen-bond donors (Lipinski definition) is 1. The largest absolute Gasteiger partial charge is 0.349 e. The molecule has 3 rings (SSSR count). The first-order chi connectivity index (χ1) is 11.0. The van der Waals surface area contributed by atoms with Gasteiger partial charge in [-0.1, -0.05) is 6.07 Å². The minimum absolute atomic E-state index is 0.551. The van der Waals surface area contributed by atoms with E-state index in [9.17, 15) is 5.26 Å². The lowest BCUT2D eigenvalue weighted by Crippen LogP contribution is -1.98. The average Bonchev–Trinajstić information content (AvgIpc) is 3.05. The first-order valence-electron chi connectivity index (χ1n) is 7.78. The Morgan fingerprint density at radius 1 is 1.30 bits per heavy atom. The third-order valence-corrected chi connectivity index (χ3v) is 4.24. The van der Waals surface area contributed by atoms with Gasteiger partial charge in [0.1, 0.15) is 11.9 Å². The van der Waals surface area contributed by atoms with Gasteiger partial charge in [0.2, 0.25) is 0 Å². The van der Waals surface area contributed by atoms with Gasteiger partial charge in [0.05, 0.1) is 16.6 Å². The molecule has 116 valence electrons. The molecule has 0 atom stereocenters. The Hall–Kier alpha value is -2.80. The van der Waals surface area contributed by atoms with Crippen LogP contribution >= 0.6 is 0 Å². The number of allylic oxidation sites excluding steroid dienone is 1. The van der Waals surface area contributed by atoms with E-state index in [0.29, 0.717) is 11.4 Å². The number of nitrogens with one attached hydrogen (secondary N) is 1. The molecule has 0 aliphatic carbocycles. The fraction of sp³-hybridized carbons (Fsp3) is 0.263. The van der Waals surface area contributed by atoms with Gasteiger partial charge in [0.25, 0.3) is 0 Å². The SMILES string of the molecule is CCn1c(C)cc(C=C(C#N)c2nc3ccc(C)cc3[nH]2)c1C. The maximum Gasteiger partial charge on any atom is 0.149 e. The zero-order valence-corrected chi connectivity index (χ0v) is 13.9. The molecule has 0 saturated heterocycles. The van der Waals surface area contributed by atoms with Crippen LogP contribution in [0, 0.1) is 32.1 Å². The summed E-state index contributed by atoms with van der Waals surface area (Å²) in [5.41, 5.74) is 7.00. The van der Waals surface area contributed by atoms with Crippen LogP contribution in [0.5, 0.6) is 0 Å². The molecule has 4 nitrogen and oxygen atoms in total. The van der Waals surface area contributed by atoms with Crippen molar-refractivity contribution in [3.8, 4) is 6.07 Å². The molecule has 0 aliphatic heterocycles. The van der Waals surface area contributed by atoms with Crippen LogP contribution in [0.3, 0.4) is 0 Å². The normalized spacial score (nSPS) is 11.9. The number of H-pyrrole nitrogens is 1. The summed E-state index contributed by atoms with van der Waals surface area (Å²) >= 11 is 0. The van der Waals surface area contributed by atoms with Crippen molar-refractivity contribution in [2.24, 2.45) is 0 Å². The van der Waals surface area contributed by atoms with Crippen molar-refractivity contribution in [1.29, 1.82) is 5.26 Å². The fourth-order valence-corrected chi connectivity index (χ4v) is 3.02. The van der Waals surface area contributed by atoms with E-state index in [-0.39, 0.29) is 0 Å². The van der Waals surface area contributed by atoms with E-state index in [0.717, 1.165) is 23.1 Å². The van der Waals surface area contributed by atoms with Crippen LogP contribution in [-0.4, -0.2) is 14.5 Å². The smallest absolute Gasteiger partial charge is 0.149 e. The predicted octanol–water partition coefficient (Wildman–Crippen LogP) is 4.37. The number of aromatic nitrogens is 3. The minimum Gasteiger partial charge on any atom is -0.349 e. The molecule has 0 saturated carbocycles. The molecule has 2 heterocycles. The van der Waals surface area contributed by atoms with Gasteiger partial charge in [-0.2, -0.15) is 5.26 Å². The summed E-state index contributed by atoms with van der Waals surface area (Å²) in [5.74, 6) is 0.620. The average molecular weight is 304 g/mol. The zero-order valence-electron chi connectivity index (χ0n) is 13.9. The van der Waals surface area contributed by atoms with E-state index in [2.05, 4.69) is 47.4 Å². The quantitative estimate of drug-likeness (QED) is 0.730. The molecule has 0 bridgehead atoms. The molecule has 0 amide bonds.